The SMILES string of the molecule is CC[C@@H](NC(=O)Cc1c(C)c2c(O)cc(C)cc2oc1=O)C(=O)[O-]. The largest absolute Gasteiger partial charge is 0.548 e. The average Bonchev–Trinajstić information content (AvgIpc) is 2.47. The molecule has 7 heteroatoms. The molecule has 2 rings (SSSR count). The number of rotatable bonds is 5. The van der Waals surface area contributed by atoms with E-state index in [1.54, 1.807) is 26.8 Å². The fraction of sp³-hybridized carbons (Fsp3) is 0.353. The molecular weight excluding hydrogens is 314 g/mol. The van der Waals surface area contributed by atoms with Crippen molar-refractivity contribution in [2.24, 2.45) is 0 Å². The Kier molecular flexibility index (Phi) is 4.92. The van der Waals surface area contributed by atoms with Crippen molar-refractivity contribution in [2.75, 3.05) is 0 Å². The van der Waals surface area contributed by atoms with E-state index < -0.39 is 23.5 Å². The maximum atomic E-state index is 12.1. The summed E-state index contributed by atoms with van der Waals surface area (Å²) in [5.41, 5.74) is 0.775. The molecule has 0 saturated heterocycles. The molecule has 0 saturated carbocycles. The monoisotopic (exact) mass is 332 g/mol. The molecule has 0 unspecified atom stereocenters. The van der Waals surface area contributed by atoms with Crippen molar-refractivity contribution in [1.29, 1.82) is 0 Å². The number of hydrogen-bond donors (Lipinski definition) is 2. The van der Waals surface area contributed by atoms with E-state index in [2.05, 4.69) is 5.32 Å². The molecule has 128 valence electrons. The number of aromatic hydroxyl groups is 1. The molecule has 1 aromatic carbocycles. The van der Waals surface area contributed by atoms with Crippen LogP contribution in [0.15, 0.2) is 21.3 Å². The molecule has 0 spiro atoms. The van der Waals surface area contributed by atoms with Gasteiger partial charge in [0.2, 0.25) is 5.91 Å². The van der Waals surface area contributed by atoms with Gasteiger partial charge in [-0.05, 0) is 43.5 Å². The molecule has 0 aliphatic carbocycles. The predicted octanol–water partition coefficient (Wildman–Crippen LogP) is 0.303. The molecule has 0 fully saturated rings. The fourth-order valence-electron chi connectivity index (χ4n) is 2.60. The molecule has 0 aliphatic rings. The second kappa shape index (κ2) is 6.74. The molecule has 7 nitrogen and oxygen atoms in total. The summed E-state index contributed by atoms with van der Waals surface area (Å²) in [7, 11) is 0. The van der Waals surface area contributed by atoms with Gasteiger partial charge in [-0.1, -0.05) is 6.92 Å². The van der Waals surface area contributed by atoms with E-state index in [9.17, 15) is 24.6 Å². The van der Waals surface area contributed by atoms with E-state index in [4.69, 9.17) is 4.42 Å². The minimum absolute atomic E-state index is 0.0471. The molecule has 2 N–H and O–H groups in total. The van der Waals surface area contributed by atoms with Crippen molar-refractivity contribution in [3.8, 4) is 5.75 Å². The number of fused-ring (bicyclic) bond motifs is 1. The zero-order valence-electron chi connectivity index (χ0n) is 13.6. The summed E-state index contributed by atoms with van der Waals surface area (Å²) >= 11 is 0. The van der Waals surface area contributed by atoms with Crippen molar-refractivity contribution in [3.05, 3.63) is 39.2 Å². The lowest BCUT2D eigenvalue weighted by Gasteiger charge is -2.18. The maximum Gasteiger partial charge on any atom is 0.340 e. The van der Waals surface area contributed by atoms with Crippen molar-refractivity contribution in [1.82, 2.24) is 5.32 Å². The highest BCUT2D eigenvalue weighted by Crippen LogP contribution is 2.29. The van der Waals surface area contributed by atoms with Gasteiger partial charge in [0.15, 0.2) is 0 Å². The highest BCUT2D eigenvalue weighted by molar-refractivity contribution is 5.90. The quantitative estimate of drug-likeness (QED) is 0.760. The second-order valence-electron chi connectivity index (χ2n) is 5.67. The van der Waals surface area contributed by atoms with Crippen LogP contribution in [0.1, 0.15) is 30.0 Å². The first-order valence-electron chi connectivity index (χ1n) is 7.50. The molecule has 2 aromatic rings. The highest BCUT2D eigenvalue weighted by atomic mass is 16.4. The van der Waals surface area contributed by atoms with Crippen molar-refractivity contribution in [3.63, 3.8) is 0 Å². The van der Waals surface area contributed by atoms with Gasteiger partial charge < -0.3 is 24.7 Å². The van der Waals surface area contributed by atoms with Crippen LogP contribution >= 0.6 is 0 Å². The lowest BCUT2D eigenvalue weighted by molar-refractivity contribution is -0.308. The number of aryl methyl sites for hydroxylation is 2. The predicted molar refractivity (Wildman–Crippen MR) is 84.6 cm³/mol. The Balaban J connectivity index is 2.41. The fourth-order valence-corrected chi connectivity index (χ4v) is 2.60. The molecule has 24 heavy (non-hydrogen) atoms. The lowest BCUT2D eigenvalue weighted by Crippen LogP contribution is -2.48. The summed E-state index contributed by atoms with van der Waals surface area (Å²) in [6.45, 7) is 4.95. The first-order valence-corrected chi connectivity index (χ1v) is 7.50. The molecular formula is C17H18NO6-. The molecule has 1 aromatic heterocycles. The Hall–Kier alpha value is -2.83. The standard InChI is InChI=1S/C17H19NO6/c1-4-11(16(21)22)18-14(20)7-10-9(3)15-12(19)5-8(2)6-13(15)24-17(10)23/h5-6,11,19H,4,7H2,1-3H3,(H,18,20)(H,21,22)/p-1/t11-/m1/s1. The van der Waals surface area contributed by atoms with Gasteiger partial charge >= 0.3 is 5.63 Å². The number of carbonyl (C=O) groups is 2. The van der Waals surface area contributed by atoms with Gasteiger partial charge in [0.05, 0.1) is 29.4 Å². The van der Waals surface area contributed by atoms with E-state index in [0.717, 1.165) is 5.56 Å². The summed E-state index contributed by atoms with van der Waals surface area (Å²) in [5.74, 6) is -2.07. The number of carbonyl (C=O) groups excluding carboxylic acids is 2. The molecule has 1 amide bonds. The smallest absolute Gasteiger partial charge is 0.340 e. The Morgan fingerprint density at radius 1 is 1.33 bits per heavy atom. The van der Waals surface area contributed by atoms with Crippen LogP contribution in [0.4, 0.5) is 0 Å². The summed E-state index contributed by atoms with van der Waals surface area (Å²) in [5, 5.41) is 23.6. The maximum absolute atomic E-state index is 12.1. The minimum Gasteiger partial charge on any atom is -0.548 e. The number of aliphatic carboxylic acids is 1. The van der Waals surface area contributed by atoms with Crippen LogP contribution in [0.2, 0.25) is 0 Å². The number of benzene rings is 1. The van der Waals surface area contributed by atoms with E-state index >= 15 is 0 Å². The number of phenols is 1. The number of hydrogen-bond acceptors (Lipinski definition) is 6. The van der Waals surface area contributed by atoms with E-state index in [-0.39, 0.29) is 29.7 Å². The summed E-state index contributed by atoms with van der Waals surface area (Å²) in [6, 6.07) is 2.03. The van der Waals surface area contributed by atoms with E-state index in [1.807, 2.05) is 0 Å². The van der Waals surface area contributed by atoms with Crippen LogP contribution in [0.25, 0.3) is 11.0 Å². The highest BCUT2D eigenvalue weighted by Gasteiger charge is 2.19. The molecule has 0 bridgehead atoms. The Morgan fingerprint density at radius 2 is 2.00 bits per heavy atom. The summed E-state index contributed by atoms with van der Waals surface area (Å²) in [6.07, 6.45) is -0.180. The van der Waals surface area contributed by atoms with Crippen LogP contribution < -0.4 is 16.0 Å². The van der Waals surface area contributed by atoms with Gasteiger partial charge in [0.25, 0.3) is 0 Å². The first-order chi connectivity index (χ1) is 11.2. The van der Waals surface area contributed by atoms with Gasteiger partial charge in [-0.2, -0.15) is 0 Å². The van der Waals surface area contributed by atoms with Crippen LogP contribution in [0.5, 0.6) is 5.75 Å². The molecule has 1 atom stereocenters. The molecule has 0 radical (unpaired) electrons. The van der Waals surface area contributed by atoms with Crippen LogP contribution in [0.3, 0.4) is 0 Å². The number of phenolic OH excluding ortho intramolecular Hbond substituents is 1. The van der Waals surface area contributed by atoms with Crippen molar-refractivity contribution in [2.45, 2.75) is 39.7 Å². The normalized spacial score (nSPS) is 12.1. The number of nitrogens with one attached hydrogen (secondary N) is 1. The van der Waals surface area contributed by atoms with Crippen molar-refractivity contribution >= 4 is 22.8 Å². The minimum atomic E-state index is -1.39. The van der Waals surface area contributed by atoms with Crippen molar-refractivity contribution < 1.29 is 24.2 Å². The Labute approximate surface area is 137 Å². The Morgan fingerprint density at radius 3 is 2.58 bits per heavy atom. The number of carboxylic acid groups (broad SMARTS) is 1. The van der Waals surface area contributed by atoms with Gasteiger partial charge in [0.1, 0.15) is 11.3 Å². The lowest BCUT2D eigenvalue weighted by atomic mass is 10.0. The van der Waals surface area contributed by atoms with Gasteiger partial charge in [-0.25, -0.2) is 4.79 Å². The summed E-state index contributed by atoms with van der Waals surface area (Å²) in [4.78, 5) is 35.0. The zero-order chi connectivity index (χ0) is 18.0. The number of carboxylic acids is 1. The molecule has 0 aliphatic heterocycles. The topological polar surface area (TPSA) is 120 Å². The van der Waals surface area contributed by atoms with Gasteiger partial charge in [-0.3, -0.25) is 4.79 Å². The number of amides is 1. The summed E-state index contributed by atoms with van der Waals surface area (Å²) < 4.78 is 5.19. The average molecular weight is 332 g/mol. The third kappa shape index (κ3) is 3.40. The van der Waals surface area contributed by atoms with Gasteiger partial charge in [0, 0.05) is 0 Å². The van der Waals surface area contributed by atoms with E-state index in [1.165, 1.54) is 6.07 Å². The third-order valence-corrected chi connectivity index (χ3v) is 3.87. The van der Waals surface area contributed by atoms with Crippen LogP contribution in [-0.2, 0) is 16.0 Å². The van der Waals surface area contributed by atoms with Crippen LogP contribution in [0, 0.1) is 13.8 Å². The van der Waals surface area contributed by atoms with E-state index in [0.29, 0.717) is 10.9 Å². The van der Waals surface area contributed by atoms with Crippen LogP contribution in [-0.4, -0.2) is 23.0 Å². The molecule has 1 heterocycles. The first kappa shape index (κ1) is 17.5. The Bertz CT molecular complexity index is 867. The third-order valence-electron chi connectivity index (χ3n) is 3.87. The van der Waals surface area contributed by atoms with Gasteiger partial charge in [-0.15, -0.1) is 0 Å². The second-order valence-corrected chi connectivity index (χ2v) is 5.67. The zero-order valence-corrected chi connectivity index (χ0v) is 13.6.